The molecule has 0 spiro atoms. The minimum Gasteiger partial charge on any atom is -0.381 e. The SMILES string of the molecule is C=CCCCCCN(C)C(=NCC1(S(C)(=O)=O)CCOCC1)NCC. The van der Waals surface area contributed by atoms with Gasteiger partial charge in [0.2, 0.25) is 0 Å². The molecule has 0 aliphatic carbocycles. The average Bonchev–Trinajstić information content (AvgIpc) is 2.58. The Morgan fingerprint density at radius 3 is 2.56 bits per heavy atom. The molecule has 0 saturated carbocycles. The van der Waals surface area contributed by atoms with Gasteiger partial charge in [0, 0.05) is 39.6 Å². The summed E-state index contributed by atoms with van der Waals surface area (Å²) in [6.45, 7) is 8.68. The van der Waals surface area contributed by atoms with Crippen molar-refractivity contribution >= 4 is 15.8 Å². The van der Waals surface area contributed by atoms with Crippen molar-refractivity contribution in [1.82, 2.24) is 10.2 Å². The van der Waals surface area contributed by atoms with Crippen molar-refractivity contribution in [3.8, 4) is 0 Å². The van der Waals surface area contributed by atoms with Crippen LogP contribution in [0.3, 0.4) is 0 Å². The van der Waals surface area contributed by atoms with Crippen molar-refractivity contribution < 1.29 is 13.2 Å². The van der Waals surface area contributed by atoms with Gasteiger partial charge in [-0.1, -0.05) is 12.5 Å². The Bertz CT molecular complexity index is 526. The first-order valence-corrected chi connectivity index (χ1v) is 11.1. The fourth-order valence-electron chi connectivity index (χ4n) is 3.00. The number of nitrogens with zero attached hydrogens (tertiary/aromatic N) is 2. The average molecular weight is 374 g/mol. The molecular weight excluding hydrogens is 338 g/mol. The monoisotopic (exact) mass is 373 g/mol. The van der Waals surface area contributed by atoms with Crippen molar-refractivity contribution in [2.75, 3.05) is 46.2 Å². The second-order valence-electron chi connectivity index (χ2n) is 6.80. The van der Waals surface area contributed by atoms with Gasteiger partial charge in [-0.2, -0.15) is 0 Å². The molecule has 1 aliphatic rings. The van der Waals surface area contributed by atoms with Gasteiger partial charge in [0.15, 0.2) is 15.8 Å². The molecule has 0 atom stereocenters. The molecule has 6 nitrogen and oxygen atoms in total. The van der Waals surface area contributed by atoms with E-state index in [-0.39, 0.29) is 0 Å². The van der Waals surface area contributed by atoms with E-state index in [9.17, 15) is 8.42 Å². The molecule has 1 fully saturated rings. The molecular formula is C18H35N3O3S. The third kappa shape index (κ3) is 6.98. The van der Waals surface area contributed by atoms with Crippen LogP contribution in [-0.2, 0) is 14.6 Å². The fraction of sp³-hybridized carbons (Fsp3) is 0.833. The molecule has 1 heterocycles. The highest BCUT2D eigenvalue weighted by Gasteiger charge is 2.42. The second-order valence-corrected chi connectivity index (χ2v) is 9.21. The summed E-state index contributed by atoms with van der Waals surface area (Å²) in [4.78, 5) is 6.76. The standard InChI is InChI=1S/C18H35N3O3S/c1-5-7-8-9-10-13-21(3)17(19-6-2)20-16-18(25(4,22)23)11-14-24-15-12-18/h5H,1,6-16H2,2-4H3,(H,19,20). The number of hydrogen-bond donors (Lipinski definition) is 1. The molecule has 0 radical (unpaired) electrons. The molecule has 0 aromatic heterocycles. The van der Waals surface area contributed by atoms with E-state index in [4.69, 9.17) is 4.74 Å². The highest BCUT2D eigenvalue weighted by Crippen LogP contribution is 2.29. The molecule has 0 amide bonds. The lowest BCUT2D eigenvalue weighted by atomic mass is 9.99. The topological polar surface area (TPSA) is 71.0 Å². The smallest absolute Gasteiger partial charge is 0.193 e. The number of allylic oxidation sites excluding steroid dienone is 1. The van der Waals surface area contributed by atoms with Gasteiger partial charge >= 0.3 is 0 Å². The van der Waals surface area contributed by atoms with Crippen LogP contribution in [0.25, 0.3) is 0 Å². The number of nitrogens with one attached hydrogen (secondary N) is 1. The van der Waals surface area contributed by atoms with Gasteiger partial charge in [0.05, 0.1) is 11.3 Å². The van der Waals surface area contributed by atoms with Crippen molar-refractivity contribution in [2.24, 2.45) is 4.99 Å². The maximum absolute atomic E-state index is 12.4. The Kier molecular flexibility index (Phi) is 9.50. The summed E-state index contributed by atoms with van der Waals surface area (Å²) in [5.74, 6) is 0.778. The van der Waals surface area contributed by atoms with E-state index in [0.717, 1.165) is 44.7 Å². The molecule has 0 aromatic carbocycles. The largest absolute Gasteiger partial charge is 0.381 e. The lowest BCUT2D eigenvalue weighted by Crippen LogP contribution is -2.47. The number of aliphatic imine (C=N–C) groups is 1. The Morgan fingerprint density at radius 2 is 2.00 bits per heavy atom. The number of guanidine groups is 1. The van der Waals surface area contributed by atoms with E-state index in [1.165, 1.54) is 6.26 Å². The minimum atomic E-state index is -3.19. The third-order valence-corrected chi connectivity index (χ3v) is 6.92. The lowest BCUT2D eigenvalue weighted by molar-refractivity contribution is 0.0767. The Morgan fingerprint density at radius 1 is 1.32 bits per heavy atom. The number of rotatable bonds is 10. The van der Waals surface area contributed by atoms with Crippen molar-refractivity contribution in [3.05, 3.63) is 12.7 Å². The number of unbranched alkanes of at least 4 members (excludes halogenated alkanes) is 3. The Balaban J connectivity index is 2.73. The van der Waals surface area contributed by atoms with E-state index < -0.39 is 14.6 Å². The minimum absolute atomic E-state index is 0.290. The number of ether oxygens (including phenoxy) is 1. The van der Waals surface area contributed by atoms with Gasteiger partial charge < -0.3 is 15.0 Å². The molecule has 7 heteroatoms. The molecule has 1 aliphatic heterocycles. The molecule has 1 N–H and O–H groups in total. The normalized spacial score (nSPS) is 18.0. The van der Waals surface area contributed by atoms with Crippen LogP contribution in [0, 0.1) is 0 Å². The molecule has 0 aromatic rings. The summed E-state index contributed by atoms with van der Waals surface area (Å²) in [6.07, 6.45) is 8.75. The summed E-state index contributed by atoms with van der Waals surface area (Å²) in [5.41, 5.74) is 0. The van der Waals surface area contributed by atoms with E-state index in [0.29, 0.717) is 32.6 Å². The van der Waals surface area contributed by atoms with Crippen LogP contribution in [-0.4, -0.2) is 70.2 Å². The molecule has 1 rings (SSSR count). The number of hydrogen-bond acceptors (Lipinski definition) is 4. The zero-order valence-electron chi connectivity index (χ0n) is 16.1. The van der Waals surface area contributed by atoms with Gasteiger partial charge in [-0.25, -0.2) is 8.42 Å². The maximum Gasteiger partial charge on any atom is 0.193 e. The van der Waals surface area contributed by atoms with Gasteiger partial charge in [-0.3, -0.25) is 4.99 Å². The van der Waals surface area contributed by atoms with Crippen molar-refractivity contribution in [1.29, 1.82) is 0 Å². The Labute approximate surface area is 153 Å². The van der Waals surface area contributed by atoms with Gasteiger partial charge in [-0.05, 0) is 39.0 Å². The molecule has 0 bridgehead atoms. The lowest BCUT2D eigenvalue weighted by Gasteiger charge is -2.34. The molecule has 0 unspecified atom stereocenters. The first-order chi connectivity index (χ1) is 11.9. The van der Waals surface area contributed by atoms with Crippen LogP contribution < -0.4 is 5.32 Å². The van der Waals surface area contributed by atoms with E-state index >= 15 is 0 Å². The first kappa shape index (κ1) is 22.0. The zero-order valence-corrected chi connectivity index (χ0v) is 16.9. The predicted octanol–water partition coefficient (Wildman–Crippen LogP) is 2.22. The van der Waals surface area contributed by atoms with Crippen LogP contribution in [0.5, 0.6) is 0 Å². The zero-order chi connectivity index (χ0) is 18.8. The first-order valence-electron chi connectivity index (χ1n) is 9.24. The van der Waals surface area contributed by atoms with Gasteiger partial charge in [0.25, 0.3) is 0 Å². The van der Waals surface area contributed by atoms with Crippen LogP contribution >= 0.6 is 0 Å². The predicted molar refractivity (Wildman–Crippen MR) is 105 cm³/mol. The molecule has 25 heavy (non-hydrogen) atoms. The van der Waals surface area contributed by atoms with Crippen molar-refractivity contribution in [2.45, 2.75) is 50.2 Å². The number of sulfone groups is 1. The van der Waals surface area contributed by atoms with Gasteiger partial charge in [-0.15, -0.1) is 6.58 Å². The van der Waals surface area contributed by atoms with E-state index in [1.807, 2.05) is 20.0 Å². The molecule has 146 valence electrons. The summed E-state index contributed by atoms with van der Waals surface area (Å²) in [5, 5.41) is 3.28. The fourth-order valence-corrected chi connectivity index (χ4v) is 4.21. The quantitative estimate of drug-likeness (QED) is 0.275. The van der Waals surface area contributed by atoms with E-state index in [1.54, 1.807) is 0 Å². The summed E-state index contributed by atoms with van der Waals surface area (Å²) in [7, 11) is -1.19. The summed E-state index contributed by atoms with van der Waals surface area (Å²) >= 11 is 0. The van der Waals surface area contributed by atoms with E-state index in [2.05, 4.69) is 21.8 Å². The van der Waals surface area contributed by atoms with Crippen LogP contribution in [0.4, 0.5) is 0 Å². The van der Waals surface area contributed by atoms with Crippen molar-refractivity contribution in [3.63, 3.8) is 0 Å². The van der Waals surface area contributed by atoms with Crippen LogP contribution in [0.15, 0.2) is 17.6 Å². The highest BCUT2D eigenvalue weighted by atomic mass is 32.2. The van der Waals surface area contributed by atoms with Crippen LogP contribution in [0.2, 0.25) is 0 Å². The van der Waals surface area contributed by atoms with Gasteiger partial charge in [0.1, 0.15) is 0 Å². The third-order valence-electron chi connectivity index (χ3n) is 4.81. The Hall–Kier alpha value is -1.08. The maximum atomic E-state index is 12.4. The second kappa shape index (κ2) is 10.8. The molecule has 1 saturated heterocycles. The van der Waals surface area contributed by atoms with Crippen LogP contribution in [0.1, 0.15) is 45.4 Å². The summed E-state index contributed by atoms with van der Waals surface area (Å²) < 4.78 is 29.3. The summed E-state index contributed by atoms with van der Waals surface area (Å²) in [6, 6.07) is 0. The highest BCUT2D eigenvalue weighted by molar-refractivity contribution is 7.92.